The van der Waals surface area contributed by atoms with Gasteiger partial charge in [0.05, 0.1) is 24.8 Å². The summed E-state index contributed by atoms with van der Waals surface area (Å²) >= 11 is 0. The molecule has 3 aromatic rings. The van der Waals surface area contributed by atoms with Crippen LogP contribution >= 0.6 is 0 Å². The molecule has 30 heavy (non-hydrogen) atoms. The number of para-hydroxylation sites is 2. The molecule has 0 saturated carbocycles. The van der Waals surface area contributed by atoms with Crippen LogP contribution in [-0.4, -0.2) is 35.7 Å². The Hall–Kier alpha value is -3.02. The maximum Gasteiger partial charge on any atom is 0.222 e. The van der Waals surface area contributed by atoms with Crippen LogP contribution in [0.4, 0.5) is 0 Å². The molecule has 0 bridgehead atoms. The largest absolute Gasteiger partial charge is 0.497 e. The molecule has 1 heterocycles. The first kappa shape index (κ1) is 21.7. The van der Waals surface area contributed by atoms with E-state index in [0.29, 0.717) is 13.2 Å². The molecule has 0 spiro atoms. The normalized spacial score (nSPS) is 11.1. The molecule has 6 heteroatoms. The average Bonchev–Trinajstić information content (AvgIpc) is 3.11. The fraction of sp³-hybridized carbons (Fsp3) is 0.417. The van der Waals surface area contributed by atoms with Crippen LogP contribution in [0.3, 0.4) is 0 Å². The third kappa shape index (κ3) is 5.75. The number of nitrogens with one attached hydrogen (secondary N) is 1. The molecule has 0 unspecified atom stereocenters. The number of aryl methyl sites for hydroxylation is 2. The molecule has 0 radical (unpaired) electrons. The molecule has 160 valence electrons. The highest BCUT2D eigenvalue weighted by Crippen LogP contribution is 2.20. The van der Waals surface area contributed by atoms with Crippen LogP contribution in [0.15, 0.2) is 48.5 Å². The maximum atomic E-state index is 11.7. The van der Waals surface area contributed by atoms with Crippen LogP contribution in [0.1, 0.15) is 32.5 Å². The molecule has 0 saturated heterocycles. The number of hydrogen-bond donors (Lipinski definition) is 1. The Bertz CT molecular complexity index is 965. The van der Waals surface area contributed by atoms with E-state index in [2.05, 4.69) is 16.0 Å². The van der Waals surface area contributed by atoms with Crippen LogP contribution in [0.2, 0.25) is 0 Å². The van der Waals surface area contributed by atoms with Crippen LogP contribution < -0.4 is 14.8 Å². The van der Waals surface area contributed by atoms with Gasteiger partial charge in [0, 0.05) is 31.5 Å². The molecule has 1 N–H and O–H groups in total. The Morgan fingerprint density at radius 3 is 2.70 bits per heavy atom. The van der Waals surface area contributed by atoms with E-state index >= 15 is 0 Å². The van der Waals surface area contributed by atoms with E-state index < -0.39 is 0 Å². The van der Waals surface area contributed by atoms with Gasteiger partial charge in [0.2, 0.25) is 5.91 Å². The van der Waals surface area contributed by atoms with Gasteiger partial charge in [-0.05, 0) is 37.1 Å². The average molecular weight is 410 g/mol. The van der Waals surface area contributed by atoms with Crippen LogP contribution in [-0.2, 0) is 17.8 Å². The minimum absolute atomic E-state index is 0.0131. The lowest BCUT2D eigenvalue weighted by Crippen LogP contribution is -2.28. The minimum Gasteiger partial charge on any atom is -0.497 e. The molecule has 0 atom stereocenters. The van der Waals surface area contributed by atoms with Crippen LogP contribution in [0.25, 0.3) is 11.0 Å². The van der Waals surface area contributed by atoms with Gasteiger partial charge in [-0.25, -0.2) is 4.98 Å². The van der Waals surface area contributed by atoms with Gasteiger partial charge in [-0.2, -0.15) is 0 Å². The number of methoxy groups -OCH3 is 1. The van der Waals surface area contributed by atoms with Crippen molar-refractivity contribution in [3.05, 3.63) is 54.4 Å². The number of aromatic nitrogens is 2. The molecule has 0 aliphatic rings. The first-order valence-corrected chi connectivity index (χ1v) is 10.6. The summed E-state index contributed by atoms with van der Waals surface area (Å²) in [6, 6.07) is 15.9. The summed E-state index contributed by atoms with van der Waals surface area (Å²) in [5.41, 5.74) is 2.15. The number of amides is 1. The number of carbonyl (C=O) groups excluding carboxylic acids is 1. The summed E-state index contributed by atoms with van der Waals surface area (Å²) in [5, 5.41) is 2.98. The van der Waals surface area contributed by atoms with Gasteiger partial charge in [0.1, 0.15) is 17.3 Å². The summed E-state index contributed by atoms with van der Waals surface area (Å²) in [5.74, 6) is 2.76. The molecule has 1 amide bonds. The van der Waals surface area contributed by atoms with E-state index in [-0.39, 0.29) is 11.8 Å². The molecule has 1 aromatic heterocycles. The molecule has 0 aliphatic carbocycles. The summed E-state index contributed by atoms with van der Waals surface area (Å²) < 4.78 is 13.4. The van der Waals surface area contributed by atoms with Crippen molar-refractivity contribution in [2.75, 3.05) is 20.3 Å². The fourth-order valence-corrected chi connectivity index (χ4v) is 3.33. The zero-order valence-corrected chi connectivity index (χ0v) is 18.1. The monoisotopic (exact) mass is 409 g/mol. The van der Waals surface area contributed by atoms with Crippen LogP contribution in [0, 0.1) is 5.92 Å². The molecule has 6 nitrogen and oxygen atoms in total. The number of nitrogens with zero attached hydrogens (tertiary/aromatic N) is 2. The Morgan fingerprint density at radius 2 is 1.90 bits per heavy atom. The zero-order chi connectivity index (χ0) is 21.3. The lowest BCUT2D eigenvalue weighted by Gasteiger charge is -2.11. The summed E-state index contributed by atoms with van der Waals surface area (Å²) in [6.45, 7) is 5.92. The zero-order valence-electron chi connectivity index (χ0n) is 18.1. The molecule has 0 aliphatic heterocycles. The third-order valence-electron chi connectivity index (χ3n) is 4.97. The molecular formula is C24H31N3O3. The van der Waals surface area contributed by atoms with Crippen molar-refractivity contribution < 1.29 is 14.3 Å². The van der Waals surface area contributed by atoms with Crippen molar-refractivity contribution in [1.29, 1.82) is 0 Å². The van der Waals surface area contributed by atoms with Crippen molar-refractivity contribution >= 4 is 16.9 Å². The number of benzene rings is 2. The van der Waals surface area contributed by atoms with E-state index in [1.807, 2.05) is 56.3 Å². The number of fused-ring (bicyclic) bond motifs is 1. The van der Waals surface area contributed by atoms with Gasteiger partial charge in [-0.1, -0.05) is 32.0 Å². The number of rotatable bonds is 11. The first-order valence-electron chi connectivity index (χ1n) is 10.6. The Morgan fingerprint density at radius 1 is 1.10 bits per heavy atom. The lowest BCUT2D eigenvalue weighted by molar-refractivity contribution is -0.123. The SMILES string of the molecule is COc1cccc(OCCCn2c(CCCNC(=O)C(C)C)nc3ccccc32)c1. The van der Waals surface area contributed by atoms with E-state index in [9.17, 15) is 4.79 Å². The van der Waals surface area contributed by atoms with E-state index in [0.717, 1.165) is 54.2 Å². The second-order valence-corrected chi connectivity index (χ2v) is 7.60. The number of ether oxygens (including phenoxy) is 2. The predicted molar refractivity (Wildman–Crippen MR) is 119 cm³/mol. The number of hydrogen-bond acceptors (Lipinski definition) is 4. The van der Waals surface area contributed by atoms with Crippen molar-refractivity contribution in [2.24, 2.45) is 5.92 Å². The molecular weight excluding hydrogens is 378 g/mol. The summed E-state index contributed by atoms with van der Waals surface area (Å²) in [7, 11) is 1.65. The van der Waals surface area contributed by atoms with Crippen molar-refractivity contribution in [3.63, 3.8) is 0 Å². The molecule has 0 fully saturated rings. The predicted octanol–water partition coefficient (Wildman–Crippen LogP) is 4.22. The summed E-state index contributed by atoms with van der Waals surface area (Å²) in [6.07, 6.45) is 2.56. The molecule has 2 aromatic carbocycles. The highest BCUT2D eigenvalue weighted by molar-refractivity contribution is 5.77. The Kier molecular flexibility index (Phi) is 7.71. The number of carbonyl (C=O) groups is 1. The van der Waals surface area contributed by atoms with Gasteiger partial charge < -0.3 is 19.4 Å². The van der Waals surface area contributed by atoms with Gasteiger partial charge in [0.25, 0.3) is 0 Å². The van der Waals surface area contributed by atoms with Crippen LogP contribution in [0.5, 0.6) is 11.5 Å². The lowest BCUT2D eigenvalue weighted by atomic mass is 10.2. The third-order valence-corrected chi connectivity index (χ3v) is 4.97. The van der Waals surface area contributed by atoms with Gasteiger partial charge in [-0.3, -0.25) is 4.79 Å². The minimum atomic E-state index is 0.0131. The van der Waals surface area contributed by atoms with E-state index in [1.54, 1.807) is 7.11 Å². The fourth-order valence-electron chi connectivity index (χ4n) is 3.33. The van der Waals surface area contributed by atoms with Gasteiger partial charge >= 0.3 is 0 Å². The Labute approximate surface area is 178 Å². The van der Waals surface area contributed by atoms with Gasteiger partial charge in [0.15, 0.2) is 0 Å². The standard InChI is InChI=1S/C24H31N3O3/c1-18(2)24(28)25-14-7-13-23-26-21-11-4-5-12-22(21)27(23)15-8-16-30-20-10-6-9-19(17-20)29-3/h4-6,9-12,17-18H,7-8,13-16H2,1-3H3,(H,25,28). The molecule has 3 rings (SSSR count). The van der Waals surface area contributed by atoms with Crippen molar-refractivity contribution in [3.8, 4) is 11.5 Å². The van der Waals surface area contributed by atoms with Crippen molar-refractivity contribution in [1.82, 2.24) is 14.9 Å². The maximum absolute atomic E-state index is 11.7. The van der Waals surface area contributed by atoms with E-state index in [1.165, 1.54) is 0 Å². The highest BCUT2D eigenvalue weighted by atomic mass is 16.5. The van der Waals surface area contributed by atoms with Crippen molar-refractivity contribution in [2.45, 2.75) is 39.7 Å². The first-order chi connectivity index (χ1) is 14.6. The highest BCUT2D eigenvalue weighted by Gasteiger charge is 2.11. The van der Waals surface area contributed by atoms with E-state index in [4.69, 9.17) is 14.5 Å². The van der Waals surface area contributed by atoms with Gasteiger partial charge in [-0.15, -0.1) is 0 Å². The quantitative estimate of drug-likeness (QED) is 0.482. The smallest absolute Gasteiger partial charge is 0.222 e. The number of imidazole rings is 1. The second-order valence-electron chi connectivity index (χ2n) is 7.60. The second kappa shape index (κ2) is 10.7. The Balaban J connectivity index is 1.58. The summed E-state index contributed by atoms with van der Waals surface area (Å²) in [4.78, 5) is 16.6. The topological polar surface area (TPSA) is 65.4 Å².